The molecular formula is C13H12N4O. The van der Waals surface area contributed by atoms with Crippen LogP contribution in [0.25, 0.3) is 0 Å². The topological polar surface area (TPSA) is 58.1 Å². The van der Waals surface area contributed by atoms with Crippen molar-refractivity contribution in [3.8, 4) is 0 Å². The van der Waals surface area contributed by atoms with Crippen molar-refractivity contribution in [1.82, 2.24) is 9.97 Å². The maximum Gasteiger partial charge on any atom is 0.259 e. The molecule has 0 radical (unpaired) electrons. The predicted molar refractivity (Wildman–Crippen MR) is 69.2 cm³/mol. The van der Waals surface area contributed by atoms with Gasteiger partial charge in [0.15, 0.2) is 7.23 Å². The SMILES string of the molecule is [2H]c1cc([2H])c2c(n1)N(C)c1ncc([2H])c(C([2H])([2H])[2H])c1N([2H])C2=O. The first-order valence-corrected chi connectivity index (χ1v) is 5.09. The molecule has 2 aromatic rings. The summed E-state index contributed by atoms with van der Waals surface area (Å²) in [4.78, 5) is 21.9. The molecule has 0 bridgehead atoms. The Morgan fingerprint density at radius 1 is 1.44 bits per heavy atom. The number of aromatic nitrogens is 2. The molecule has 0 saturated carbocycles. The molecule has 18 heavy (non-hydrogen) atoms. The van der Waals surface area contributed by atoms with Crippen LogP contribution in [-0.4, -0.2) is 22.9 Å². The van der Waals surface area contributed by atoms with E-state index in [4.69, 9.17) is 9.64 Å². The van der Waals surface area contributed by atoms with Crippen LogP contribution in [0.3, 0.4) is 0 Å². The highest BCUT2D eigenvalue weighted by Gasteiger charge is 2.25. The number of nitrogens with zero attached hydrogens (tertiary/aromatic N) is 3. The molecular weight excluding hydrogens is 228 g/mol. The number of nitrogens with one attached hydrogen (secondary N) is 1. The number of carbonyl (C=O) groups excluding carboxylic acids is 1. The number of pyridine rings is 2. The Bertz CT molecular complexity index is 899. The van der Waals surface area contributed by atoms with Crippen LogP contribution in [-0.2, 0) is 0 Å². The Morgan fingerprint density at radius 2 is 2.33 bits per heavy atom. The van der Waals surface area contributed by atoms with Gasteiger partial charge in [-0.1, -0.05) is 0 Å². The van der Waals surface area contributed by atoms with Crippen molar-refractivity contribution >= 4 is 23.2 Å². The van der Waals surface area contributed by atoms with Crippen molar-refractivity contribution in [3.05, 3.63) is 41.6 Å². The summed E-state index contributed by atoms with van der Waals surface area (Å²) in [5, 5.41) is 0.327. The molecule has 0 aromatic carbocycles. The van der Waals surface area contributed by atoms with Gasteiger partial charge in [0.25, 0.3) is 5.91 Å². The van der Waals surface area contributed by atoms with Crippen molar-refractivity contribution in [2.75, 3.05) is 17.3 Å². The lowest BCUT2D eigenvalue weighted by atomic mass is 10.2. The van der Waals surface area contributed by atoms with Gasteiger partial charge in [0.05, 0.1) is 15.4 Å². The van der Waals surface area contributed by atoms with Gasteiger partial charge in [-0.2, -0.15) is 0 Å². The summed E-state index contributed by atoms with van der Waals surface area (Å²) in [6.07, 6.45) is 0.767. The van der Waals surface area contributed by atoms with Crippen LogP contribution in [0, 0.1) is 6.85 Å². The second-order valence-corrected chi connectivity index (χ2v) is 3.65. The molecule has 0 saturated heterocycles. The average molecular weight is 247 g/mol. The lowest BCUT2D eigenvalue weighted by Gasteiger charge is -2.18. The van der Waals surface area contributed by atoms with E-state index in [-0.39, 0.29) is 35.1 Å². The summed E-state index contributed by atoms with van der Waals surface area (Å²) in [6, 6.07) is 0.324. The molecule has 3 heterocycles. The third-order valence-corrected chi connectivity index (χ3v) is 2.58. The third kappa shape index (κ3) is 1.44. The van der Waals surface area contributed by atoms with Crippen LogP contribution in [0.4, 0.5) is 17.3 Å². The fraction of sp³-hybridized carbons (Fsp3) is 0.154. The molecule has 0 unspecified atom stereocenters. The van der Waals surface area contributed by atoms with Gasteiger partial charge in [0.1, 0.15) is 5.82 Å². The molecule has 0 fully saturated rings. The van der Waals surface area contributed by atoms with Gasteiger partial charge in [-0.3, -0.25) is 4.79 Å². The molecule has 0 spiro atoms. The minimum atomic E-state index is -2.75. The third-order valence-electron chi connectivity index (χ3n) is 2.58. The van der Waals surface area contributed by atoms with Crippen LogP contribution in [0.1, 0.15) is 24.1 Å². The van der Waals surface area contributed by atoms with Crippen molar-refractivity contribution in [2.24, 2.45) is 0 Å². The van der Waals surface area contributed by atoms with Crippen LogP contribution in [0.2, 0.25) is 1.41 Å². The number of hydrogen-bond acceptors (Lipinski definition) is 4. The zero-order chi connectivity index (χ0) is 18.7. The van der Waals surface area contributed by atoms with Gasteiger partial charge in [0.2, 0.25) is 0 Å². The summed E-state index contributed by atoms with van der Waals surface area (Å²) >= 11 is 0. The second kappa shape index (κ2) is 3.80. The number of fused-ring (bicyclic) bond motifs is 2. The summed E-state index contributed by atoms with van der Waals surface area (Å²) in [6.45, 7) is -2.75. The van der Waals surface area contributed by atoms with Crippen molar-refractivity contribution in [2.45, 2.75) is 6.85 Å². The lowest BCUT2D eigenvalue weighted by Crippen LogP contribution is -2.14. The van der Waals surface area contributed by atoms with Gasteiger partial charge in [-0.05, 0) is 30.6 Å². The molecule has 5 nitrogen and oxygen atoms in total. The number of amides is 1. The number of anilines is 3. The van der Waals surface area contributed by atoms with Crippen LogP contribution in [0.5, 0.6) is 0 Å². The van der Waals surface area contributed by atoms with Crippen LogP contribution in [0.15, 0.2) is 30.5 Å². The van der Waals surface area contributed by atoms with E-state index in [9.17, 15) is 4.79 Å². The maximum atomic E-state index is 12.7. The highest BCUT2D eigenvalue weighted by Crippen LogP contribution is 2.35. The monoisotopic (exact) mass is 247 g/mol. The zero-order valence-electron chi connectivity index (χ0n) is 16.4. The van der Waals surface area contributed by atoms with Gasteiger partial charge in [-0.25, -0.2) is 9.97 Å². The Hall–Kier alpha value is -2.43. The zero-order valence-corrected chi connectivity index (χ0v) is 9.35. The van der Waals surface area contributed by atoms with E-state index in [2.05, 4.69) is 9.97 Å². The first-order chi connectivity index (χ1) is 11.5. The van der Waals surface area contributed by atoms with E-state index in [0.717, 1.165) is 12.3 Å². The largest absolute Gasteiger partial charge is 0.318 e. The first kappa shape index (κ1) is 5.48. The minimum Gasteiger partial charge on any atom is -0.318 e. The Balaban J connectivity index is 2.41. The highest BCUT2D eigenvalue weighted by molar-refractivity contribution is 6.11. The first-order valence-electron chi connectivity index (χ1n) is 8.54. The average Bonchev–Trinajstić information content (AvgIpc) is 2.56. The van der Waals surface area contributed by atoms with Gasteiger partial charge in [0, 0.05) is 23.5 Å². The maximum absolute atomic E-state index is 12.7. The fourth-order valence-corrected chi connectivity index (χ4v) is 1.73. The molecule has 1 aliphatic rings. The molecule has 5 heteroatoms. The molecule has 1 amide bonds. The van der Waals surface area contributed by atoms with E-state index >= 15 is 0 Å². The fourth-order valence-electron chi connectivity index (χ4n) is 1.73. The van der Waals surface area contributed by atoms with E-state index < -0.39 is 24.4 Å². The Morgan fingerprint density at radius 3 is 3.17 bits per heavy atom. The molecule has 1 aliphatic heterocycles. The van der Waals surface area contributed by atoms with Crippen LogP contribution < -0.4 is 10.2 Å². The number of rotatable bonds is 0. The van der Waals surface area contributed by atoms with E-state index in [1.54, 1.807) is 0 Å². The minimum absolute atomic E-state index is 0.0678. The van der Waals surface area contributed by atoms with Gasteiger partial charge in [-0.15, -0.1) is 0 Å². The number of hydrogen-bond donors (Lipinski definition) is 1. The second-order valence-electron chi connectivity index (χ2n) is 3.65. The normalized spacial score (nSPS) is 20.3. The smallest absolute Gasteiger partial charge is 0.259 e. The van der Waals surface area contributed by atoms with Crippen molar-refractivity contribution in [3.63, 3.8) is 0 Å². The van der Waals surface area contributed by atoms with Gasteiger partial charge >= 0.3 is 0 Å². The molecule has 90 valence electrons. The van der Waals surface area contributed by atoms with Gasteiger partial charge < -0.3 is 10.2 Å². The molecule has 1 N–H and O–H groups in total. The summed E-state index contributed by atoms with van der Waals surface area (Å²) in [7, 11) is 1.44. The van der Waals surface area contributed by atoms with E-state index in [1.165, 1.54) is 11.9 Å². The Labute approximate surface area is 114 Å². The van der Waals surface area contributed by atoms with Crippen LogP contribution >= 0.6 is 0 Å². The Kier molecular flexibility index (Phi) is 1.16. The molecule has 0 aliphatic carbocycles. The number of carbonyl (C=O) groups is 1. The van der Waals surface area contributed by atoms with Crippen molar-refractivity contribution < 1.29 is 14.4 Å². The quantitative estimate of drug-likeness (QED) is 0.774. The predicted octanol–water partition coefficient (Wildman–Crippen LogP) is 2.12. The van der Waals surface area contributed by atoms with Crippen molar-refractivity contribution in [1.29, 1.82) is 0 Å². The molecule has 0 atom stereocenters. The van der Waals surface area contributed by atoms with E-state index in [1.807, 2.05) is 0 Å². The summed E-state index contributed by atoms with van der Waals surface area (Å²) < 4.78 is 54.5. The lowest BCUT2D eigenvalue weighted by molar-refractivity contribution is 0.102. The highest BCUT2D eigenvalue weighted by atomic mass is 16.1. The molecule has 3 rings (SSSR count). The van der Waals surface area contributed by atoms with E-state index in [0.29, 0.717) is 5.31 Å². The standard InChI is InChI=1S/C13H12N4O/c1-8-5-7-15-12-10(8)16-13(18)9-4-3-6-14-11(9)17(12)2/h3-7H,1-2H3,(H,16,18)/i1D3,4D,5D,6D/hD. The molecule has 2 aromatic heterocycles. The summed E-state index contributed by atoms with van der Waals surface area (Å²) in [5.74, 6) is -1.11. The summed E-state index contributed by atoms with van der Waals surface area (Å²) in [5.41, 5.74) is -1.09.